The third kappa shape index (κ3) is 5.41. The van der Waals surface area contributed by atoms with E-state index in [0.29, 0.717) is 11.8 Å². The summed E-state index contributed by atoms with van der Waals surface area (Å²) in [6, 6.07) is 5.74. The van der Waals surface area contributed by atoms with Gasteiger partial charge in [0.2, 0.25) is 0 Å². The second kappa shape index (κ2) is 10.8. The molecule has 0 aliphatic carbocycles. The van der Waals surface area contributed by atoms with Gasteiger partial charge in [-0.2, -0.15) is 0 Å². The lowest BCUT2D eigenvalue weighted by molar-refractivity contribution is 0.479. The molecule has 0 heterocycles. The van der Waals surface area contributed by atoms with Crippen molar-refractivity contribution >= 4 is 0 Å². The molecule has 0 aromatic heterocycles. The molecule has 0 aliphatic heterocycles. The minimum atomic E-state index is 0.0296. The van der Waals surface area contributed by atoms with Crippen LogP contribution in [0.2, 0.25) is 0 Å². The summed E-state index contributed by atoms with van der Waals surface area (Å²) in [6.45, 7) is 8.91. The summed E-state index contributed by atoms with van der Waals surface area (Å²) in [4.78, 5) is 0. The molecule has 1 heteroatoms. The van der Waals surface area contributed by atoms with Crippen LogP contribution < -0.4 is 0 Å². The van der Waals surface area contributed by atoms with Crippen molar-refractivity contribution in [3.63, 3.8) is 0 Å². The normalized spacial score (nSPS) is 12.8. The highest BCUT2D eigenvalue weighted by molar-refractivity contribution is 5.35. The van der Waals surface area contributed by atoms with Gasteiger partial charge in [0.15, 0.2) is 0 Å². The molecule has 0 bridgehead atoms. The predicted octanol–water partition coefficient (Wildman–Crippen LogP) is 7.58. The van der Waals surface area contributed by atoms with Crippen molar-refractivity contribution in [3.05, 3.63) is 35.1 Å². The van der Waals surface area contributed by atoms with E-state index >= 15 is 0 Å². The first kappa shape index (κ1) is 19.2. The summed E-state index contributed by atoms with van der Waals surface area (Å²) < 4.78 is 14.7. The Kier molecular flexibility index (Phi) is 9.43. The van der Waals surface area contributed by atoms with Crippen LogP contribution in [0.1, 0.15) is 108 Å². The van der Waals surface area contributed by atoms with Crippen LogP contribution in [-0.2, 0) is 0 Å². The van der Waals surface area contributed by atoms with E-state index in [4.69, 9.17) is 0 Å². The summed E-state index contributed by atoms with van der Waals surface area (Å²) in [6.07, 6.45) is 10.6. The maximum absolute atomic E-state index is 14.7. The Balaban J connectivity index is 3.09. The summed E-state index contributed by atoms with van der Waals surface area (Å²) in [5.74, 6) is 0.936. The molecule has 0 amide bonds. The van der Waals surface area contributed by atoms with Crippen LogP contribution in [0, 0.1) is 5.82 Å². The van der Waals surface area contributed by atoms with E-state index in [9.17, 15) is 4.39 Å². The maximum atomic E-state index is 14.7. The van der Waals surface area contributed by atoms with Crippen molar-refractivity contribution in [3.8, 4) is 0 Å². The Hall–Kier alpha value is -0.850. The molecule has 1 atom stereocenters. The number of halogens is 1. The zero-order valence-corrected chi connectivity index (χ0v) is 15.1. The van der Waals surface area contributed by atoms with Gasteiger partial charge in [0.05, 0.1) is 0 Å². The molecule has 0 saturated carbocycles. The molecule has 0 saturated heterocycles. The van der Waals surface area contributed by atoms with Crippen LogP contribution in [0.5, 0.6) is 0 Å². The van der Waals surface area contributed by atoms with Gasteiger partial charge in [-0.15, -0.1) is 0 Å². The van der Waals surface area contributed by atoms with Gasteiger partial charge in [-0.1, -0.05) is 71.9 Å². The molecule has 1 aromatic carbocycles. The number of benzene rings is 1. The van der Waals surface area contributed by atoms with Gasteiger partial charge < -0.3 is 0 Å². The largest absolute Gasteiger partial charge is 0.207 e. The van der Waals surface area contributed by atoms with Crippen LogP contribution in [0.15, 0.2) is 18.2 Å². The summed E-state index contributed by atoms with van der Waals surface area (Å²) in [5, 5.41) is 0. The molecule has 1 rings (SSSR count). The maximum Gasteiger partial charge on any atom is 0.126 e. The highest BCUT2D eigenvalue weighted by Gasteiger charge is 2.22. The second-order valence-electron chi connectivity index (χ2n) is 6.59. The van der Waals surface area contributed by atoms with E-state index in [1.807, 2.05) is 6.07 Å². The fraction of sp³-hybridized carbons (Fsp3) is 0.714. The predicted molar refractivity (Wildman–Crippen MR) is 96.1 cm³/mol. The molecule has 0 aliphatic rings. The highest BCUT2D eigenvalue weighted by Crippen LogP contribution is 2.37. The van der Waals surface area contributed by atoms with Crippen molar-refractivity contribution < 1.29 is 4.39 Å². The van der Waals surface area contributed by atoms with Gasteiger partial charge in [0.25, 0.3) is 0 Å². The first-order valence-corrected chi connectivity index (χ1v) is 9.47. The van der Waals surface area contributed by atoms with Crippen molar-refractivity contribution in [1.29, 1.82) is 0 Å². The molecule has 22 heavy (non-hydrogen) atoms. The first-order valence-electron chi connectivity index (χ1n) is 9.47. The zero-order valence-electron chi connectivity index (χ0n) is 15.1. The number of rotatable bonds is 11. The van der Waals surface area contributed by atoms with Crippen LogP contribution in [0.25, 0.3) is 0 Å². The fourth-order valence-corrected chi connectivity index (χ4v) is 3.59. The van der Waals surface area contributed by atoms with Crippen LogP contribution in [0.3, 0.4) is 0 Å². The molecule has 0 fully saturated rings. The lowest BCUT2D eigenvalue weighted by Gasteiger charge is -2.25. The van der Waals surface area contributed by atoms with E-state index in [1.165, 1.54) is 37.7 Å². The molecule has 0 radical (unpaired) electrons. The lowest BCUT2D eigenvalue weighted by atomic mass is 9.80. The van der Waals surface area contributed by atoms with Crippen molar-refractivity contribution in [2.75, 3.05) is 0 Å². The van der Waals surface area contributed by atoms with E-state index in [2.05, 4.69) is 33.8 Å². The minimum absolute atomic E-state index is 0.0296. The smallest absolute Gasteiger partial charge is 0.126 e. The average molecular weight is 307 g/mol. The molecule has 126 valence electrons. The monoisotopic (exact) mass is 306 g/mol. The van der Waals surface area contributed by atoms with E-state index in [-0.39, 0.29) is 5.82 Å². The quantitative estimate of drug-likeness (QED) is 0.369. The molecule has 0 nitrogen and oxygen atoms in total. The number of hydrogen-bond acceptors (Lipinski definition) is 0. The number of unbranched alkanes of at least 4 members (excludes halogenated alkanes) is 3. The Morgan fingerprint density at radius 1 is 0.818 bits per heavy atom. The van der Waals surface area contributed by atoms with E-state index < -0.39 is 0 Å². The third-order valence-electron chi connectivity index (χ3n) is 4.98. The topological polar surface area (TPSA) is 0 Å². The van der Waals surface area contributed by atoms with Crippen LogP contribution in [0.4, 0.5) is 4.39 Å². The molecule has 0 N–H and O–H groups in total. The minimum Gasteiger partial charge on any atom is -0.207 e. The first-order chi connectivity index (χ1) is 10.7. The Morgan fingerprint density at radius 2 is 1.45 bits per heavy atom. The Morgan fingerprint density at radius 3 is 2.05 bits per heavy atom. The van der Waals surface area contributed by atoms with E-state index in [1.54, 1.807) is 6.07 Å². The van der Waals surface area contributed by atoms with Gasteiger partial charge in [0.1, 0.15) is 5.82 Å². The van der Waals surface area contributed by atoms with Gasteiger partial charge in [-0.3, -0.25) is 0 Å². The summed E-state index contributed by atoms with van der Waals surface area (Å²) in [5.41, 5.74) is 2.32. The summed E-state index contributed by atoms with van der Waals surface area (Å²) >= 11 is 0. The zero-order chi connectivity index (χ0) is 16.4. The molecule has 1 aromatic rings. The van der Waals surface area contributed by atoms with Gasteiger partial charge >= 0.3 is 0 Å². The van der Waals surface area contributed by atoms with Crippen molar-refractivity contribution in [2.24, 2.45) is 0 Å². The lowest BCUT2D eigenvalue weighted by Crippen LogP contribution is -2.10. The van der Waals surface area contributed by atoms with Crippen molar-refractivity contribution in [2.45, 2.75) is 97.3 Å². The SMILES string of the molecule is CCCCCC(CCCC)c1c(F)cccc1C(CC)CC. The summed E-state index contributed by atoms with van der Waals surface area (Å²) in [7, 11) is 0. The Labute approximate surface area is 137 Å². The standard InChI is InChI=1S/C21H35F/c1-5-9-11-14-18(13-10-6-2)21-19(17(7-3)8-4)15-12-16-20(21)22/h12,15-18H,5-11,13-14H2,1-4H3. The van der Waals surface area contributed by atoms with Gasteiger partial charge in [-0.05, 0) is 54.7 Å². The van der Waals surface area contributed by atoms with Crippen molar-refractivity contribution in [1.82, 2.24) is 0 Å². The Bertz CT molecular complexity index is 406. The van der Waals surface area contributed by atoms with Gasteiger partial charge in [-0.25, -0.2) is 4.39 Å². The number of hydrogen-bond donors (Lipinski definition) is 0. The average Bonchev–Trinajstić information content (AvgIpc) is 2.53. The van der Waals surface area contributed by atoms with Gasteiger partial charge in [0, 0.05) is 0 Å². The molecular formula is C21H35F. The second-order valence-corrected chi connectivity index (χ2v) is 6.59. The third-order valence-corrected chi connectivity index (χ3v) is 4.98. The fourth-order valence-electron chi connectivity index (χ4n) is 3.59. The van der Waals surface area contributed by atoms with E-state index in [0.717, 1.165) is 31.2 Å². The molecule has 1 unspecified atom stereocenters. The van der Waals surface area contributed by atoms with Crippen LogP contribution in [-0.4, -0.2) is 0 Å². The highest BCUT2D eigenvalue weighted by atomic mass is 19.1. The van der Waals surface area contributed by atoms with Crippen LogP contribution >= 0.6 is 0 Å². The molecular weight excluding hydrogens is 271 g/mol. The molecule has 0 spiro atoms.